The van der Waals surface area contributed by atoms with Crippen molar-refractivity contribution in [3.8, 4) is 0 Å². The third-order valence-electron chi connectivity index (χ3n) is 3.84. The lowest BCUT2D eigenvalue weighted by Crippen LogP contribution is -2.37. The molecule has 9 heteroatoms. The van der Waals surface area contributed by atoms with Crippen LogP contribution in [-0.4, -0.2) is 34.7 Å². The van der Waals surface area contributed by atoms with Crippen LogP contribution in [0.25, 0.3) is 6.08 Å². The zero-order valence-corrected chi connectivity index (χ0v) is 17.1. The number of halogens is 2. The molecule has 0 atom stereocenters. The SMILES string of the molecule is CCCN(CC(=O)Nc1cc(Cl)ccc1Cl)C(=O)/C=C/c1cccc([N+](=O)[O-])c1. The Kier molecular flexibility index (Phi) is 8.18. The van der Waals surface area contributed by atoms with E-state index < -0.39 is 10.8 Å². The summed E-state index contributed by atoms with van der Waals surface area (Å²) in [7, 11) is 0. The van der Waals surface area contributed by atoms with Gasteiger partial charge in [-0.25, -0.2) is 0 Å². The number of benzene rings is 2. The fourth-order valence-electron chi connectivity index (χ4n) is 2.51. The van der Waals surface area contributed by atoms with Crippen LogP contribution in [-0.2, 0) is 9.59 Å². The van der Waals surface area contributed by atoms with Gasteiger partial charge in [-0.15, -0.1) is 0 Å². The highest BCUT2D eigenvalue weighted by Gasteiger charge is 2.15. The van der Waals surface area contributed by atoms with Crippen molar-refractivity contribution in [2.75, 3.05) is 18.4 Å². The molecule has 0 saturated carbocycles. The number of nitrogens with zero attached hydrogens (tertiary/aromatic N) is 2. The molecule has 0 heterocycles. The number of nitro groups is 1. The van der Waals surface area contributed by atoms with Crippen LogP contribution >= 0.6 is 23.2 Å². The molecule has 152 valence electrons. The van der Waals surface area contributed by atoms with E-state index in [1.807, 2.05) is 6.92 Å². The zero-order valence-electron chi connectivity index (χ0n) is 15.6. The van der Waals surface area contributed by atoms with E-state index in [1.165, 1.54) is 41.3 Å². The molecule has 0 aliphatic rings. The molecule has 0 fully saturated rings. The van der Waals surface area contributed by atoms with Gasteiger partial charge in [0.1, 0.15) is 6.54 Å². The number of rotatable bonds is 8. The first-order valence-corrected chi connectivity index (χ1v) is 9.52. The molecular formula is C20H19Cl2N3O4. The Balaban J connectivity index is 2.06. The Hall–Kier alpha value is -2.90. The lowest BCUT2D eigenvalue weighted by atomic mass is 10.2. The second kappa shape index (κ2) is 10.6. The van der Waals surface area contributed by atoms with E-state index >= 15 is 0 Å². The highest BCUT2D eigenvalue weighted by molar-refractivity contribution is 6.35. The molecule has 29 heavy (non-hydrogen) atoms. The van der Waals surface area contributed by atoms with E-state index in [0.717, 1.165) is 0 Å². The third kappa shape index (κ3) is 6.89. The molecule has 7 nitrogen and oxygen atoms in total. The number of hydrogen-bond acceptors (Lipinski definition) is 4. The van der Waals surface area contributed by atoms with Crippen LogP contribution in [0.15, 0.2) is 48.5 Å². The van der Waals surface area contributed by atoms with Crippen molar-refractivity contribution in [2.24, 2.45) is 0 Å². The fraction of sp³-hybridized carbons (Fsp3) is 0.200. The Labute approximate surface area is 178 Å². The van der Waals surface area contributed by atoms with Crippen molar-refractivity contribution >= 4 is 52.5 Å². The average molecular weight is 436 g/mol. The minimum atomic E-state index is -0.506. The van der Waals surface area contributed by atoms with Crippen molar-refractivity contribution < 1.29 is 14.5 Å². The van der Waals surface area contributed by atoms with Gasteiger partial charge in [0.2, 0.25) is 11.8 Å². The van der Waals surface area contributed by atoms with Crippen molar-refractivity contribution in [2.45, 2.75) is 13.3 Å². The normalized spacial score (nSPS) is 10.7. The molecule has 0 aromatic heterocycles. The average Bonchev–Trinajstić information content (AvgIpc) is 2.68. The number of anilines is 1. The first-order chi connectivity index (χ1) is 13.8. The first-order valence-electron chi connectivity index (χ1n) is 8.76. The quantitative estimate of drug-likeness (QED) is 0.366. The number of nitro benzene ring substituents is 1. The van der Waals surface area contributed by atoms with Crippen molar-refractivity contribution in [1.29, 1.82) is 0 Å². The molecule has 0 spiro atoms. The molecule has 2 aromatic carbocycles. The predicted molar refractivity (Wildman–Crippen MR) is 114 cm³/mol. The van der Waals surface area contributed by atoms with Gasteiger partial charge < -0.3 is 10.2 Å². The molecule has 0 saturated heterocycles. The maximum Gasteiger partial charge on any atom is 0.270 e. The van der Waals surface area contributed by atoms with Gasteiger partial charge in [-0.1, -0.05) is 42.3 Å². The largest absolute Gasteiger partial charge is 0.330 e. The maximum atomic E-state index is 12.5. The van der Waals surface area contributed by atoms with Gasteiger partial charge in [-0.3, -0.25) is 19.7 Å². The standard InChI is InChI=1S/C20H19Cl2N3O4/c1-2-10-24(13-19(26)23-18-12-15(21)7-8-17(18)22)20(27)9-6-14-4-3-5-16(11-14)25(28)29/h3-9,11-12H,2,10,13H2,1H3,(H,23,26)/b9-6+. The van der Waals surface area contributed by atoms with E-state index in [1.54, 1.807) is 18.2 Å². The number of hydrogen-bond donors (Lipinski definition) is 1. The van der Waals surface area contributed by atoms with Crippen molar-refractivity contribution in [3.05, 3.63) is 74.3 Å². The van der Waals surface area contributed by atoms with E-state index in [4.69, 9.17) is 23.2 Å². The molecule has 0 aliphatic heterocycles. The Morgan fingerprint density at radius 1 is 1.21 bits per heavy atom. The molecular weight excluding hydrogens is 417 g/mol. The summed E-state index contributed by atoms with van der Waals surface area (Å²) >= 11 is 12.0. The van der Waals surface area contributed by atoms with Crippen LogP contribution in [0.2, 0.25) is 10.0 Å². The van der Waals surface area contributed by atoms with Crippen LogP contribution in [0.1, 0.15) is 18.9 Å². The van der Waals surface area contributed by atoms with Gasteiger partial charge in [0, 0.05) is 29.8 Å². The van der Waals surface area contributed by atoms with E-state index in [2.05, 4.69) is 5.32 Å². The summed E-state index contributed by atoms with van der Waals surface area (Å²) in [6.45, 7) is 2.08. The second-order valence-corrected chi connectivity index (χ2v) is 6.96. The molecule has 0 bridgehead atoms. The second-order valence-electron chi connectivity index (χ2n) is 6.12. The summed E-state index contributed by atoms with van der Waals surface area (Å²) < 4.78 is 0. The van der Waals surface area contributed by atoms with Crippen molar-refractivity contribution in [1.82, 2.24) is 4.90 Å². The monoisotopic (exact) mass is 435 g/mol. The summed E-state index contributed by atoms with van der Waals surface area (Å²) in [4.78, 5) is 36.6. The van der Waals surface area contributed by atoms with Crippen LogP contribution in [0.4, 0.5) is 11.4 Å². The fourth-order valence-corrected chi connectivity index (χ4v) is 2.85. The lowest BCUT2D eigenvalue weighted by Gasteiger charge is -2.20. The molecule has 2 amide bonds. The summed E-state index contributed by atoms with van der Waals surface area (Å²) in [5.74, 6) is -0.801. The highest BCUT2D eigenvalue weighted by Crippen LogP contribution is 2.25. The molecule has 1 N–H and O–H groups in total. The number of nitrogens with one attached hydrogen (secondary N) is 1. The zero-order chi connectivity index (χ0) is 21.4. The first kappa shape index (κ1) is 22.4. The van der Waals surface area contributed by atoms with E-state index in [-0.39, 0.29) is 18.1 Å². The van der Waals surface area contributed by atoms with Gasteiger partial charge in [-0.05, 0) is 36.3 Å². The van der Waals surface area contributed by atoms with E-state index in [9.17, 15) is 19.7 Å². The molecule has 0 unspecified atom stereocenters. The summed E-state index contributed by atoms with van der Waals surface area (Å²) in [5, 5.41) is 14.2. The van der Waals surface area contributed by atoms with Crippen LogP contribution < -0.4 is 5.32 Å². The van der Waals surface area contributed by atoms with E-state index in [0.29, 0.717) is 34.3 Å². The molecule has 2 rings (SSSR count). The number of amides is 2. The number of non-ortho nitro benzene ring substituents is 1. The molecule has 0 aliphatic carbocycles. The third-order valence-corrected chi connectivity index (χ3v) is 4.41. The molecule has 0 radical (unpaired) electrons. The van der Waals surface area contributed by atoms with Gasteiger partial charge in [-0.2, -0.15) is 0 Å². The summed E-state index contributed by atoms with van der Waals surface area (Å²) in [5.41, 5.74) is 0.808. The van der Waals surface area contributed by atoms with Crippen LogP contribution in [0.3, 0.4) is 0 Å². The smallest absolute Gasteiger partial charge is 0.270 e. The number of carbonyl (C=O) groups excluding carboxylic acids is 2. The highest BCUT2D eigenvalue weighted by atomic mass is 35.5. The van der Waals surface area contributed by atoms with Crippen LogP contribution in [0.5, 0.6) is 0 Å². The topological polar surface area (TPSA) is 92.6 Å². The van der Waals surface area contributed by atoms with Crippen molar-refractivity contribution in [3.63, 3.8) is 0 Å². The minimum absolute atomic E-state index is 0.0669. The van der Waals surface area contributed by atoms with Crippen LogP contribution in [0, 0.1) is 10.1 Å². The molecule has 2 aromatic rings. The van der Waals surface area contributed by atoms with Gasteiger partial charge in [0.25, 0.3) is 5.69 Å². The Morgan fingerprint density at radius 3 is 2.66 bits per heavy atom. The summed E-state index contributed by atoms with van der Waals surface area (Å²) in [6.07, 6.45) is 3.42. The Morgan fingerprint density at radius 2 is 1.97 bits per heavy atom. The van der Waals surface area contributed by atoms with Gasteiger partial charge in [0.15, 0.2) is 0 Å². The number of carbonyl (C=O) groups is 2. The lowest BCUT2D eigenvalue weighted by molar-refractivity contribution is -0.384. The summed E-state index contributed by atoms with van der Waals surface area (Å²) in [6, 6.07) is 10.6. The van der Waals surface area contributed by atoms with Gasteiger partial charge in [0.05, 0.1) is 15.6 Å². The Bertz CT molecular complexity index is 947. The minimum Gasteiger partial charge on any atom is -0.330 e. The predicted octanol–water partition coefficient (Wildman–Crippen LogP) is 4.79. The van der Waals surface area contributed by atoms with Gasteiger partial charge >= 0.3 is 0 Å². The maximum absolute atomic E-state index is 12.5.